The van der Waals surface area contributed by atoms with Crippen molar-refractivity contribution in [3.8, 4) is 0 Å². The molecular formula is C19H40IN5. The van der Waals surface area contributed by atoms with E-state index in [9.17, 15) is 0 Å². The number of nitrogens with zero attached hydrogens (tertiary/aromatic N) is 3. The minimum absolute atomic E-state index is 0. The molecule has 0 aliphatic carbocycles. The van der Waals surface area contributed by atoms with E-state index in [0.717, 1.165) is 18.4 Å². The van der Waals surface area contributed by atoms with Crippen molar-refractivity contribution in [2.24, 2.45) is 10.9 Å². The Morgan fingerprint density at radius 3 is 2.08 bits per heavy atom. The van der Waals surface area contributed by atoms with Crippen molar-refractivity contribution in [3.05, 3.63) is 0 Å². The van der Waals surface area contributed by atoms with Gasteiger partial charge in [0.05, 0.1) is 0 Å². The Morgan fingerprint density at radius 1 is 1.00 bits per heavy atom. The lowest BCUT2D eigenvalue weighted by molar-refractivity contribution is 0.147. The highest BCUT2D eigenvalue weighted by molar-refractivity contribution is 14.0. The van der Waals surface area contributed by atoms with Gasteiger partial charge in [0.25, 0.3) is 0 Å². The first-order valence-corrected chi connectivity index (χ1v) is 9.95. The number of piperidine rings is 2. The Morgan fingerprint density at radius 2 is 1.56 bits per heavy atom. The Labute approximate surface area is 172 Å². The molecule has 1 atom stereocenters. The molecule has 2 aliphatic heterocycles. The maximum absolute atomic E-state index is 4.43. The molecular weight excluding hydrogens is 425 g/mol. The molecule has 0 spiro atoms. The molecule has 6 heteroatoms. The first kappa shape index (κ1) is 23.0. The number of halogens is 1. The largest absolute Gasteiger partial charge is 0.355 e. The monoisotopic (exact) mass is 465 g/mol. The average Bonchev–Trinajstić information content (AvgIpc) is 2.59. The lowest BCUT2D eigenvalue weighted by Crippen LogP contribution is -2.52. The molecule has 5 nitrogen and oxygen atoms in total. The molecule has 148 valence electrons. The minimum Gasteiger partial charge on any atom is -0.355 e. The molecule has 2 heterocycles. The van der Waals surface area contributed by atoms with Crippen LogP contribution in [0.1, 0.15) is 53.4 Å². The molecule has 0 aromatic heterocycles. The van der Waals surface area contributed by atoms with E-state index in [0.29, 0.717) is 18.1 Å². The topological polar surface area (TPSA) is 42.9 Å². The summed E-state index contributed by atoms with van der Waals surface area (Å²) in [6.07, 6.45) is 5.09. The number of likely N-dealkylation sites (tertiary alicyclic amines) is 2. The van der Waals surface area contributed by atoms with E-state index in [4.69, 9.17) is 0 Å². The highest BCUT2D eigenvalue weighted by Crippen LogP contribution is 2.17. The van der Waals surface area contributed by atoms with E-state index < -0.39 is 0 Å². The quantitative estimate of drug-likeness (QED) is 0.372. The molecule has 2 aliphatic rings. The number of aliphatic imine (C=N–C) groups is 1. The van der Waals surface area contributed by atoms with Gasteiger partial charge in [0.15, 0.2) is 5.96 Å². The maximum atomic E-state index is 4.43. The van der Waals surface area contributed by atoms with E-state index in [-0.39, 0.29) is 24.0 Å². The predicted octanol–water partition coefficient (Wildman–Crippen LogP) is 2.76. The van der Waals surface area contributed by atoms with Crippen LogP contribution < -0.4 is 10.6 Å². The van der Waals surface area contributed by atoms with Crippen molar-refractivity contribution < 1.29 is 0 Å². The van der Waals surface area contributed by atoms with Crippen LogP contribution in [0.2, 0.25) is 0 Å². The number of hydrogen-bond donors (Lipinski definition) is 2. The van der Waals surface area contributed by atoms with Gasteiger partial charge in [-0.2, -0.15) is 0 Å². The molecule has 2 rings (SSSR count). The van der Waals surface area contributed by atoms with Gasteiger partial charge in [-0.1, -0.05) is 6.92 Å². The predicted molar refractivity (Wildman–Crippen MR) is 119 cm³/mol. The van der Waals surface area contributed by atoms with Crippen molar-refractivity contribution in [2.75, 3.05) is 39.8 Å². The standard InChI is InChI=1S/C19H39N5.HI/c1-15(2)23-12-8-18(9-13-23)22-19(20-5)21-14-17(4)24-10-6-16(3)7-11-24;/h15-18H,6-14H2,1-5H3,(H2,20,21,22);1H. The fourth-order valence-electron chi connectivity index (χ4n) is 3.79. The van der Waals surface area contributed by atoms with Crippen molar-refractivity contribution in [2.45, 2.75) is 71.5 Å². The fraction of sp³-hybridized carbons (Fsp3) is 0.947. The summed E-state index contributed by atoms with van der Waals surface area (Å²) < 4.78 is 0. The molecule has 0 amide bonds. The van der Waals surface area contributed by atoms with E-state index in [1.165, 1.54) is 51.9 Å². The lowest BCUT2D eigenvalue weighted by atomic mass is 9.98. The van der Waals surface area contributed by atoms with Gasteiger partial charge >= 0.3 is 0 Å². The Hall–Kier alpha value is -0.0800. The van der Waals surface area contributed by atoms with Crippen molar-refractivity contribution in [1.29, 1.82) is 0 Å². The van der Waals surface area contributed by atoms with E-state index in [2.05, 4.69) is 53.1 Å². The summed E-state index contributed by atoms with van der Waals surface area (Å²) in [7, 11) is 1.88. The van der Waals surface area contributed by atoms with Gasteiger partial charge in [-0.05, 0) is 65.5 Å². The first-order valence-electron chi connectivity index (χ1n) is 9.95. The molecule has 2 N–H and O–H groups in total. The minimum atomic E-state index is 0. The first-order chi connectivity index (χ1) is 11.5. The van der Waals surface area contributed by atoms with E-state index >= 15 is 0 Å². The van der Waals surface area contributed by atoms with Crippen molar-refractivity contribution in [1.82, 2.24) is 20.4 Å². The van der Waals surface area contributed by atoms with Gasteiger partial charge in [-0.3, -0.25) is 9.89 Å². The molecule has 0 radical (unpaired) electrons. The summed E-state index contributed by atoms with van der Waals surface area (Å²) in [5.74, 6) is 1.86. The van der Waals surface area contributed by atoms with E-state index in [1.54, 1.807) is 0 Å². The highest BCUT2D eigenvalue weighted by atomic mass is 127. The second-order valence-electron chi connectivity index (χ2n) is 8.07. The Balaban J connectivity index is 0.00000312. The van der Waals surface area contributed by atoms with Gasteiger partial charge in [0.2, 0.25) is 0 Å². The van der Waals surface area contributed by atoms with Crippen LogP contribution in [0.5, 0.6) is 0 Å². The summed E-state index contributed by atoms with van der Waals surface area (Å²) in [5.41, 5.74) is 0. The number of hydrogen-bond acceptors (Lipinski definition) is 3. The summed E-state index contributed by atoms with van der Waals surface area (Å²) in [6, 6.07) is 1.78. The molecule has 0 bridgehead atoms. The SMILES string of the molecule is CN=C(NCC(C)N1CCC(C)CC1)NC1CCN(C(C)C)CC1.I. The summed E-state index contributed by atoms with van der Waals surface area (Å²) >= 11 is 0. The van der Waals surface area contributed by atoms with Crippen LogP contribution in [-0.2, 0) is 0 Å². The summed E-state index contributed by atoms with van der Waals surface area (Å²) in [6.45, 7) is 15.1. The summed E-state index contributed by atoms with van der Waals surface area (Å²) in [5, 5.41) is 7.17. The Bertz CT molecular complexity index is 385. The molecule has 0 aromatic carbocycles. The van der Waals surface area contributed by atoms with Crippen molar-refractivity contribution >= 4 is 29.9 Å². The van der Waals surface area contributed by atoms with Crippen molar-refractivity contribution in [3.63, 3.8) is 0 Å². The normalized spacial score (nSPS) is 23.4. The third kappa shape index (κ3) is 7.59. The molecule has 0 saturated carbocycles. The highest BCUT2D eigenvalue weighted by Gasteiger charge is 2.23. The van der Waals surface area contributed by atoms with Crippen LogP contribution in [0, 0.1) is 5.92 Å². The molecule has 2 fully saturated rings. The number of guanidine groups is 1. The summed E-state index contributed by atoms with van der Waals surface area (Å²) in [4.78, 5) is 9.60. The van der Waals surface area contributed by atoms with Gasteiger partial charge in [-0.25, -0.2) is 0 Å². The Kier molecular flexibility index (Phi) is 10.6. The maximum Gasteiger partial charge on any atom is 0.191 e. The van der Waals surface area contributed by atoms with Crippen LogP contribution in [0.3, 0.4) is 0 Å². The third-order valence-corrected chi connectivity index (χ3v) is 5.83. The average molecular weight is 465 g/mol. The third-order valence-electron chi connectivity index (χ3n) is 5.83. The second-order valence-corrected chi connectivity index (χ2v) is 8.07. The fourth-order valence-corrected chi connectivity index (χ4v) is 3.79. The van der Waals surface area contributed by atoms with Crippen LogP contribution in [-0.4, -0.2) is 73.7 Å². The zero-order chi connectivity index (χ0) is 17.5. The smallest absolute Gasteiger partial charge is 0.191 e. The van der Waals surface area contributed by atoms with Crippen LogP contribution in [0.4, 0.5) is 0 Å². The molecule has 25 heavy (non-hydrogen) atoms. The molecule has 2 saturated heterocycles. The molecule has 1 unspecified atom stereocenters. The zero-order valence-electron chi connectivity index (χ0n) is 16.9. The number of nitrogens with one attached hydrogen (secondary N) is 2. The lowest BCUT2D eigenvalue weighted by Gasteiger charge is -2.36. The van der Waals surface area contributed by atoms with Crippen LogP contribution >= 0.6 is 24.0 Å². The van der Waals surface area contributed by atoms with E-state index in [1.807, 2.05) is 7.05 Å². The number of rotatable bonds is 5. The van der Waals surface area contributed by atoms with Gasteiger partial charge in [-0.15, -0.1) is 24.0 Å². The second kappa shape index (κ2) is 11.6. The van der Waals surface area contributed by atoms with Gasteiger partial charge in [0.1, 0.15) is 0 Å². The van der Waals surface area contributed by atoms with Gasteiger partial charge in [0, 0.05) is 44.8 Å². The molecule has 0 aromatic rings. The van der Waals surface area contributed by atoms with Crippen LogP contribution in [0.25, 0.3) is 0 Å². The van der Waals surface area contributed by atoms with Gasteiger partial charge < -0.3 is 15.5 Å². The zero-order valence-corrected chi connectivity index (χ0v) is 19.3. The van der Waals surface area contributed by atoms with Crippen LogP contribution in [0.15, 0.2) is 4.99 Å².